The average molecular weight is 485 g/mol. The lowest BCUT2D eigenvalue weighted by Gasteiger charge is -2.31. The van der Waals surface area contributed by atoms with Crippen LogP contribution in [0.25, 0.3) is 11.0 Å². The molecule has 4 heterocycles. The fraction of sp³-hybridized carbons (Fsp3) is 0.208. The summed E-state index contributed by atoms with van der Waals surface area (Å²) in [6, 6.07) is 13.4. The lowest BCUT2D eigenvalue weighted by atomic mass is 10.2. The third-order valence-corrected chi connectivity index (χ3v) is 5.62. The van der Waals surface area contributed by atoms with Crippen molar-refractivity contribution in [2.45, 2.75) is 19.0 Å². The minimum atomic E-state index is -5.03. The Morgan fingerprint density at radius 2 is 1.80 bits per heavy atom. The number of hydrogen-bond donors (Lipinski definition) is 1. The molecule has 3 aromatic heterocycles. The van der Waals surface area contributed by atoms with Gasteiger partial charge in [0.25, 0.3) is 5.91 Å². The van der Waals surface area contributed by atoms with Crippen molar-refractivity contribution in [1.82, 2.24) is 14.5 Å². The summed E-state index contributed by atoms with van der Waals surface area (Å²) in [6.07, 6.45) is -3.38. The molecule has 180 valence electrons. The molecular formula is C24H19F4N5O2. The molecular weight excluding hydrogens is 466 g/mol. The predicted octanol–water partition coefficient (Wildman–Crippen LogP) is 5.12. The Bertz CT molecular complexity index is 1350. The number of hydrogen-bond acceptors (Lipinski definition) is 5. The number of nitrogens with one attached hydrogen (secondary N) is 1. The number of rotatable bonds is 6. The van der Waals surface area contributed by atoms with Gasteiger partial charge in [-0.3, -0.25) is 14.1 Å². The second kappa shape index (κ2) is 8.99. The number of nitrogens with zero attached hydrogens (tertiary/aromatic N) is 4. The molecule has 1 aromatic carbocycles. The van der Waals surface area contributed by atoms with Gasteiger partial charge in [-0.1, -0.05) is 30.3 Å². The summed E-state index contributed by atoms with van der Waals surface area (Å²) in [5.41, 5.74) is 0.246. The Labute approximate surface area is 197 Å². The first-order valence-electron chi connectivity index (χ1n) is 10.8. The molecule has 0 spiro atoms. The van der Waals surface area contributed by atoms with Crippen LogP contribution in [0.5, 0.6) is 0 Å². The van der Waals surface area contributed by atoms with Crippen molar-refractivity contribution in [3.05, 3.63) is 84.1 Å². The highest BCUT2D eigenvalue weighted by Crippen LogP contribution is 2.34. The molecule has 0 bridgehead atoms. The highest BCUT2D eigenvalue weighted by molar-refractivity contribution is 6.06. The zero-order chi connectivity index (χ0) is 24.6. The summed E-state index contributed by atoms with van der Waals surface area (Å²) in [7, 11) is 0. The standard InChI is InChI=1S/C24H19F4N5O2/c25-17-11-16-12-19(22(34)31-18-7-8-20(29-14-18)32-9-4-10-32)33(21(16)30-13-17)23(35-24(26,27)28)15-5-2-1-3-6-15/h1-3,5-8,11-14,23H,4,9-10H2,(H,31,34). The van der Waals surface area contributed by atoms with Crippen molar-refractivity contribution in [1.29, 1.82) is 0 Å². The number of fused-ring (bicyclic) bond motifs is 1. The number of halogens is 4. The maximum Gasteiger partial charge on any atom is 0.524 e. The molecule has 0 aliphatic carbocycles. The molecule has 1 fully saturated rings. The van der Waals surface area contributed by atoms with Crippen LogP contribution in [0.15, 0.2) is 67.0 Å². The van der Waals surface area contributed by atoms with E-state index in [1.807, 2.05) is 0 Å². The second-order valence-corrected chi connectivity index (χ2v) is 7.99. The Morgan fingerprint density at radius 1 is 1.03 bits per heavy atom. The van der Waals surface area contributed by atoms with Gasteiger partial charge in [-0.2, -0.15) is 0 Å². The fourth-order valence-corrected chi connectivity index (χ4v) is 3.90. The van der Waals surface area contributed by atoms with Gasteiger partial charge in [0, 0.05) is 24.0 Å². The minimum absolute atomic E-state index is 0.0408. The van der Waals surface area contributed by atoms with Gasteiger partial charge in [0.05, 0.1) is 18.1 Å². The van der Waals surface area contributed by atoms with Gasteiger partial charge in [0.15, 0.2) is 6.23 Å². The SMILES string of the molecule is O=C(Nc1ccc(N2CCC2)nc1)c1cc2cc(F)cnc2n1C(OC(F)(F)F)c1ccccc1. The van der Waals surface area contributed by atoms with Gasteiger partial charge in [0.2, 0.25) is 0 Å². The van der Waals surface area contributed by atoms with E-state index in [9.17, 15) is 22.4 Å². The summed E-state index contributed by atoms with van der Waals surface area (Å²) < 4.78 is 59.6. The molecule has 0 saturated carbocycles. The molecule has 1 amide bonds. The molecule has 1 unspecified atom stereocenters. The summed E-state index contributed by atoms with van der Waals surface area (Å²) in [4.78, 5) is 23.6. The van der Waals surface area contributed by atoms with Crippen LogP contribution in [-0.2, 0) is 4.74 Å². The lowest BCUT2D eigenvalue weighted by Crippen LogP contribution is -2.37. The Hall–Kier alpha value is -3.99. The van der Waals surface area contributed by atoms with Crippen LogP contribution < -0.4 is 10.2 Å². The van der Waals surface area contributed by atoms with Crippen molar-refractivity contribution in [2.24, 2.45) is 0 Å². The molecule has 1 aliphatic heterocycles. The Morgan fingerprint density at radius 3 is 2.43 bits per heavy atom. The smallest absolute Gasteiger partial charge is 0.356 e. The molecule has 4 aromatic rings. The van der Waals surface area contributed by atoms with E-state index < -0.39 is 24.3 Å². The van der Waals surface area contributed by atoms with Crippen LogP contribution in [0.2, 0.25) is 0 Å². The molecule has 7 nitrogen and oxygen atoms in total. The number of alkyl halides is 3. The Balaban J connectivity index is 1.56. The van der Waals surface area contributed by atoms with Crippen LogP contribution in [-0.4, -0.2) is 39.9 Å². The maximum atomic E-state index is 13.9. The van der Waals surface area contributed by atoms with E-state index in [0.29, 0.717) is 5.69 Å². The largest absolute Gasteiger partial charge is 0.524 e. The molecule has 1 N–H and O–H groups in total. The van der Waals surface area contributed by atoms with Gasteiger partial charge < -0.3 is 10.2 Å². The topological polar surface area (TPSA) is 72.3 Å². The van der Waals surface area contributed by atoms with Crippen LogP contribution in [0.3, 0.4) is 0 Å². The normalized spacial score (nSPS) is 14.6. The average Bonchev–Trinajstić information content (AvgIpc) is 3.16. The zero-order valence-electron chi connectivity index (χ0n) is 18.2. The van der Waals surface area contributed by atoms with Gasteiger partial charge in [-0.25, -0.2) is 14.4 Å². The number of pyridine rings is 2. The number of benzene rings is 1. The van der Waals surface area contributed by atoms with E-state index in [2.05, 4.69) is 24.9 Å². The molecule has 11 heteroatoms. The summed E-state index contributed by atoms with van der Waals surface area (Å²) in [5, 5.41) is 2.79. The molecule has 35 heavy (non-hydrogen) atoms. The monoisotopic (exact) mass is 485 g/mol. The predicted molar refractivity (Wildman–Crippen MR) is 120 cm³/mol. The van der Waals surface area contributed by atoms with Crippen molar-refractivity contribution in [3.8, 4) is 0 Å². The second-order valence-electron chi connectivity index (χ2n) is 7.99. The van der Waals surface area contributed by atoms with E-state index in [4.69, 9.17) is 0 Å². The summed E-state index contributed by atoms with van der Waals surface area (Å²) in [5.74, 6) is -0.653. The Kier molecular flexibility index (Phi) is 5.85. The van der Waals surface area contributed by atoms with Crippen LogP contribution in [0, 0.1) is 5.82 Å². The van der Waals surface area contributed by atoms with E-state index >= 15 is 0 Å². The maximum absolute atomic E-state index is 13.9. The van der Waals surface area contributed by atoms with Gasteiger partial charge >= 0.3 is 6.36 Å². The minimum Gasteiger partial charge on any atom is -0.356 e. The van der Waals surface area contributed by atoms with Gasteiger partial charge in [0.1, 0.15) is 23.0 Å². The van der Waals surface area contributed by atoms with Crippen molar-refractivity contribution >= 4 is 28.4 Å². The first-order chi connectivity index (χ1) is 16.8. The molecule has 1 aliphatic rings. The molecule has 0 radical (unpaired) electrons. The van der Waals surface area contributed by atoms with Crippen LogP contribution in [0.4, 0.5) is 29.1 Å². The van der Waals surface area contributed by atoms with Gasteiger partial charge in [-0.05, 0) is 30.7 Å². The fourth-order valence-electron chi connectivity index (χ4n) is 3.90. The van der Waals surface area contributed by atoms with Crippen molar-refractivity contribution < 1.29 is 27.1 Å². The molecule has 5 rings (SSSR count). The van der Waals surface area contributed by atoms with E-state index in [1.165, 1.54) is 24.4 Å². The van der Waals surface area contributed by atoms with E-state index in [-0.39, 0.29) is 22.3 Å². The first kappa shape index (κ1) is 22.8. The first-order valence-corrected chi connectivity index (χ1v) is 10.8. The summed E-state index contributed by atoms with van der Waals surface area (Å²) in [6.45, 7) is 1.81. The summed E-state index contributed by atoms with van der Waals surface area (Å²) >= 11 is 0. The highest BCUT2D eigenvalue weighted by Gasteiger charge is 2.37. The molecule has 1 saturated heterocycles. The van der Waals surface area contributed by atoms with E-state index in [0.717, 1.165) is 42.2 Å². The number of aromatic nitrogens is 3. The van der Waals surface area contributed by atoms with Crippen LogP contribution in [0.1, 0.15) is 28.7 Å². The van der Waals surface area contributed by atoms with Crippen molar-refractivity contribution in [3.63, 3.8) is 0 Å². The number of ether oxygens (including phenoxy) is 1. The van der Waals surface area contributed by atoms with Crippen LogP contribution >= 0.6 is 0 Å². The van der Waals surface area contributed by atoms with Gasteiger partial charge in [-0.15, -0.1) is 13.2 Å². The lowest BCUT2D eigenvalue weighted by molar-refractivity contribution is -0.348. The number of carbonyl (C=O) groups is 1. The zero-order valence-corrected chi connectivity index (χ0v) is 18.2. The number of carbonyl (C=O) groups excluding carboxylic acids is 1. The van der Waals surface area contributed by atoms with Crippen molar-refractivity contribution in [2.75, 3.05) is 23.3 Å². The van der Waals surface area contributed by atoms with E-state index in [1.54, 1.807) is 30.3 Å². The third-order valence-electron chi connectivity index (χ3n) is 5.62. The number of anilines is 2. The number of amides is 1. The molecule has 1 atom stereocenters. The highest BCUT2D eigenvalue weighted by atomic mass is 19.4. The quantitative estimate of drug-likeness (QED) is 0.384. The third kappa shape index (κ3) is 4.80.